The highest BCUT2D eigenvalue weighted by Gasteiger charge is 2.14. The van der Waals surface area contributed by atoms with Crippen molar-refractivity contribution in [3.8, 4) is 22.8 Å². The second-order valence-electron chi connectivity index (χ2n) is 6.05. The van der Waals surface area contributed by atoms with Crippen molar-refractivity contribution in [2.75, 3.05) is 5.32 Å². The molecule has 0 saturated heterocycles. The van der Waals surface area contributed by atoms with Gasteiger partial charge in [-0.1, -0.05) is 11.2 Å². The molecule has 1 N–H and O–H groups in total. The number of aryl methyl sites for hydroxylation is 2. The van der Waals surface area contributed by atoms with Crippen molar-refractivity contribution in [1.29, 1.82) is 0 Å². The van der Waals surface area contributed by atoms with Crippen molar-refractivity contribution in [2.45, 2.75) is 20.8 Å². The summed E-state index contributed by atoms with van der Waals surface area (Å²) in [4.78, 5) is 20.1. The Labute approximate surface area is 149 Å². The molecule has 130 valence electrons. The van der Waals surface area contributed by atoms with E-state index >= 15 is 0 Å². The molecule has 0 saturated carbocycles. The molecule has 4 rings (SSSR count). The molecule has 0 bridgehead atoms. The van der Waals surface area contributed by atoms with Gasteiger partial charge in [-0.2, -0.15) is 4.98 Å². The van der Waals surface area contributed by atoms with Gasteiger partial charge in [-0.3, -0.25) is 4.79 Å². The Morgan fingerprint density at radius 1 is 1.04 bits per heavy atom. The number of rotatable bonds is 3. The van der Waals surface area contributed by atoms with E-state index in [1.807, 2.05) is 43.3 Å². The smallest absolute Gasteiger partial charge is 0.258 e. The zero-order chi connectivity index (χ0) is 18.3. The maximum absolute atomic E-state index is 11.3. The van der Waals surface area contributed by atoms with Gasteiger partial charge in [0.1, 0.15) is 5.52 Å². The summed E-state index contributed by atoms with van der Waals surface area (Å²) in [6, 6.07) is 11.1. The number of anilines is 1. The maximum Gasteiger partial charge on any atom is 0.258 e. The average molecular weight is 348 g/mol. The summed E-state index contributed by atoms with van der Waals surface area (Å²) in [5, 5.41) is 6.85. The normalized spacial score (nSPS) is 11.0. The number of oxazole rings is 1. The van der Waals surface area contributed by atoms with Crippen LogP contribution in [0.25, 0.3) is 33.9 Å². The van der Waals surface area contributed by atoms with E-state index in [2.05, 4.69) is 20.4 Å². The van der Waals surface area contributed by atoms with Crippen LogP contribution in [0, 0.1) is 13.8 Å². The molecule has 0 radical (unpaired) electrons. The minimum Gasteiger partial charge on any atom is -0.441 e. The first kappa shape index (κ1) is 16.0. The molecule has 0 aliphatic rings. The largest absolute Gasteiger partial charge is 0.441 e. The van der Waals surface area contributed by atoms with Crippen LogP contribution < -0.4 is 5.32 Å². The van der Waals surface area contributed by atoms with Gasteiger partial charge in [0.2, 0.25) is 11.7 Å². The molecule has 2 aromatic carbocycles. The molecule has 2 aromatic heterocycles. The lowest BCUT2D eigenvalue weighted by Crippen LogP contribution is -2.07. The second kappa shape index (κ2) is 6.11. The Morgan fingerprint density at radius 3 is 2.65 bits per heavy atom. The number of nitrogens with zero attached hydrogens (tertiary/aromatic N) is 3. The molecular formula is C19H16N4O3. The number of hydrogen-bond acceptors (Lipinski definition) is 6. The predicted molar refractivity (Wildman–Crippen MR) is 96.5 cm³/mol. The summed E-state index contributed by atoms with van der Waals surface area (Å²) >= 11 is 0. The lowest BCUT2D eigenvalue weighted by Gasteiger charge is -2.07. The van der Waals surface area contributed by atoms with E-state index in [4.69, 9.17) is 8.94 Å². The van der Waals surface area contributed by atoms with Crippen LogP contribution in [0.2, 0.25) is 0 Å². The van der Waals surface area contributed by atoms with E-state index in [1.165, 1.54) is 6.92 Å². The Kier molecular flexibility index (Phi) is 3.76. The van der Waals surface area contributed by atoms with Crippen LogP contribution in [0.5, 0.6) is 0 Å². The van der Waals surface area contributed by atoms with Crippen molar-refractivity contribution in [3.63, 3.8) is 0 Å². The van der Waals surface area contributed by atoms with Crippen LogP contribution in [0.15, 0.2) is 45.3 Å². The Balaban J connectivity index is 1.70. The van der Waals surface area contributed by atoms with Crippen molar-refractivity contribution in [1.82, 2.24) is 15.1 Å². The van der Waals surface area contributed by atoms with E-state index in [1.54, 1.807) is 6.92 Å². The SMILES string of the molecule is CC(=O)Nc1cc(-c2nc(-c3ccc4oc(C)nc4c3)no2)ccc1C. The maximum atomic E-state index is 11.3. The molecule has 4 aromatic rings. The molecule has 26 heavy (non-hydrogen) atoms. The average Bonchev–Trinajstić information content (AvgIpc) is 3.21. The second-order valence-corrected chi connectivity index (χ2v) is 6.05. The van der Waals surface area contributed by atoms with Crippen molar-refractivity contribution in [2.24, 2.45) is 0 Å². The van der Waals surface area contributed by atoms with E-state index in [0.29, 0.717) is 28.9 Å². The van der Waals surface area contributed by atoms with Gasteiger partial charge in [-0.15, -0.1) is 0 Å². The number of benzene rings is 2. The van der Waals surface area contributed by atoms with Crippen molar-refractivity contribution < 1.29 is 13.7 Å². The number of hydrogen-bond donors (Lipinski definition) is 1. The van der Waals surface area contributed by atoms with Crippen LogP contribution in [-0.4, -0.2) is 21.0 Å². The standard InChI is InChI=1S/C19H16N4O3/c1-10-4-5-14(9-15(10)20-11(2)24)19-22-18(23-26-19)13-6-7-17-16(8-13)21-12(3)25-17/h4-9H,1-3H3,(H,20,24). The molecular weight excluding hydrogens is 332 g/mol. The molecule has 0 aliphatic carbocycles. The Bertz CT molecular complexity index is 1130. The lowest BCUT2D eigenvalue weighted by molar-refractivity contribution is -0.114. The number of fused-ring (bicyclic) bond motifs is 1. The predicted octanol–water partition coefficient (Wildman–Crippen LogP) is 4.12. The summed E-state index contributed by atoms with van der Waals surface area (Å²) < 4.78 is 10.9. The van der Waals surface area contributed by atoms with Gasteiger partial charge < -0.3 is 14.3 Å². The first-order valence-electron chi connectivity index (χ1n) is 8.09. The highest BCUT2D eigenvalue weighted by molar-refractivity contribution is 5.90. The number of nitrogens with one attached hydrogen (secondary N) is 1. The van der Waals surface area contributed by atoms with Crippen molar-refractivity contribution in [3.05, 3.63) is 47.9 Å². The third kappa shape index (κ3) is 2.95. The van der Waals surface area contributed by atoms with E-state index in [9.17, 15) is 4.79 Å². The van der Waals surface area contributed by atoms with Crippen LogP contribution in [0.4, 0.5) is 5.69 Å². The molecule has 0 aliphatic heterocycles. The number of carbonyl (C=O) groups excluding carboxylic acids is 1. The number of amides is 1. The molecule has 1 amide bonds. The quantitative estimate of drug-likeness (QED) is 0.598. The van der Waals surface area contributed by atoms with Gasteiger partial charge in [-0.05, 0) is 42.8 Å². The number of aromatic nitrogens is 3. The molecule has 2 heterocycles. The van der Waals surface area contributed by atoms with Gasteiger partial charge in [0, 0.05) is 30.7 Å². The molecule has 0 spiro atoms. The molecule has 7 heteroatoms. The summed E-state index contributed by atoms with van der Waals surface area (Å²) in [7, 11) is 0. The summed E-state index contributed by atoms with van der Waals surface area (Å²) in [5.74, 6) is 1.32. The fourth-order valence-corrected chi connectivity index (χ4v) is 2.72. The topological polar surface area (TPSA) is 94.1 Å². The van der Waals surface area contributed by atoms with Crippen LogP contribution in [0.3, 0.4) is 0 Å². The Morgan fingerprint density at radius 2 is 1.85 bits per heavy atom. The fourth-order valence-electron chi connectivity index (χ4n) is 2.72. The van der Waals surface area contributed by atoms with Gasteiger partial charge in [0.15, 0.2) is 11.5 Å². The number of carbonyl (C=O) groups is 1. The monoisotopic (exact) mass is 348 g/mol. The lowest BCUT2D eigenvalue weighted by atomic mass is 10.1. The van der Waals surface area contributed by atoms with Gasteiger partial charge >= 0.3 is 0 Å². The summed E-state index contributed by atoms with van der Waals surface area (Å²) in [6.07, 6.45) is 0. The zero-order valence-electron chi connectivity index (χ0n) is 14.5. The van der Waals surface area contributed by atoms with Gasteiger partial charge in [-0.25, -0.2) is 4.98 Å². The minimum atomic E-state index is -0.132. The van der Waals surface area contributed by atoms with Gasteiger partial charge in [0.25, 0.3) is 5.89 Å². The minimum absolute atomic E-state index is 0.132. The third-order valence-electron chi connectivity index (χ3n) is 3.97. The van der Waals surface area contributed by atoms with Crippen LogP contribution in [0.1, 0.15) is 18.4 Å². The summed E-state index contributed by atoms with van der Waals surface area (Å²) in [5.41, 5.74) is 4.65. The van der Waals surface area contributed by atoms with E-state index in [0.717, 1.165) is 22.2 Å². The molecule has 0 unspecified atom stereocenters. The highest BCUT2D eigenvalue weighted by Crippen LogP contribution is 2.28. The fraction of sp³-hybridized carbons (Fsp3) is 0.158. The van der Waals surface area contributed by atoms with E-state index < -0.39 is 0 Å². The zero-order valence-corrected chi connectivity index (χ0v) is 14.5. The molecule has 0 fully saturated rings. The van der Waals surface area contributed by atoms with Crippen molar-refractivity contribution >= 4 is 22.7 Å². The first-order valence-corrected chi connectivity index (χ1v) is 8.09. The van der Waals surface area contributed by atoms with Crippen LogP contribution in [-0.2, 0) is 4.79 Å². The molecule has 7 nitrogen and oxygen atoms in total. The highest BCUT2D eigenvalue weighted by atomic mass is 16.5. The molecule has 0 atom stereocenters. The Hall–Kier alpha value is -3.48. The first-order chi connectivity index (χ1) is 12.5. The van der Waals surface area contributed by atoms with E-state index in [-0.39, 0.29) is 5.91 Å². The van der Waals surface area contributed by atoms with Gasteiger partial charge in [0.05, 0.1) is 0 Å². The third-order valence-corrected chi connectivity index (χ3v) is 3.97. The van der Waals surface area contributed by atoms with Crippen LogP contribution >= 0.6 is 0 Å². The summed E-state index contributed by atoms with van der Waals surface area (Å²) in [6.45, 7) is 5.19.